The van der Waals surface area contributed by atoms with Crippen LogP contribution in [0.5, 0.6) is 0 Å². The number of aliphatic hydroxyl groups excluding tert-OH is 1. The summed E-state index contributed by atoms with van der Waals surface area (Å²) in [7, 11) is 0. The predicted octanol–water partition coefficient (Wildman–Crippen LogP) is 4.51. The number of unbranched alkanes of at least 4 members (excludes halogenated alkanes) is 3. The average molecular weight is 344 g/mol. The van der Waals surface area contributed by atoms with Gasteiger partial charge in [-0.3, -0.25) is 4.79 Å². The summed E-state index contributed by atoms with van der Waals surface area (Å²) in [6.07, 6.45) is 14.2. The number of hydrogen-bond donors (Lipinski definition) is 1. The Morgan fingerprint density at radius 1 is 1.28 bits per heavy atom. The van der Waals surface area contributed by atoms with E-state index in [0.29, 0.717) is 13.0 Å². The highest BCUT2D eigenvalue weighted by Gasteiger charge is 2.47. The van der Waals surface area contributed by atoms with Crippen LogP contribution in [0.1, 0.15) is 65.2 Å². The van der Waals surface area contributed by atoms with E-state index in [2.05, 4.69) is 26.0 Å². The highest BCUT2D eigenvalue weighted by Crippen LogP contribution is 2.48. The summed E-state index contributed by atoms with van der Waals surface area (Å²) in [5.41, 5.74) is 3.84. The van der Waals surface area contributed by atoms with E-state index in [1.54, 1.807) is 6.08 Å². The van der Waals surface area contributed by atoms with Gasteiger partial charge in [0, 0.05) is 5.92 Å². The molecule has 3 heteroatoms. The van der Waals surface area contributed by atoms with Crippen LogP contribution in [-0.2, 0) is 9.53 Å². The van der Waals surface area contributed by atoms with Crippen molar-refractivity contribution < 1.29 is 14.6 Å². The molecule has 0 spiro atoms. The normalized spacial score (nSPS) is 32.1. The number of ketones is 1. The van der Waals surface area contributed by atoms with Crippen LogP contribution in [-0.4, -0.2) is 29.7 Å². The van der Waals surface area contributed by atoms with Crippen molar-refractivity contribution >= 4 is 5.78 Å². The van der Waals surface area contributed by atoms with Crippen LogP contribution in [0, 0.1) is 11.8 Å². The van der Waals surface area contributed by atoms with Gasteiger partial charge in [0.05, 0.1) is 12.7 Å². The molecule has 3 rings (SSSR count). The molecule has 0 saturated heterocycles. The lowest BCUT2D eigenvalue weighted by Gasteiger charge is -2.40. The summed E-state index contributed by atoms with van der Waals surface area (Å²) in [6.45, 7) is 4.94. The molecule has 0 aromatic heterocycles. The van der Waals surface area contributed by atoms with E-state index < -0.39 is 0 Å². The molecule has 4 atom stereocenters. The van der Waals surface area contributed by atoms with Gasteiger partial charge < -0.3 is 9.84 Å². The smallest absolute Gasteiger partial charge is 0.184 e. The number of hydrogen-bond acceptors (Lipinski definition) is 3. The zero-order valence-corrected chi connectivity index (χ0v) is 15.7. The number of carbonyl (C=O) groups excluding carboxylic acids is 1. The fraction of sp³-hybridized carbons (Fsp3) is 0.682. The van der Waals surface area contributed by atoms with Crippen molar-refractivity contribution in [2.75, 3.05) is 6.61 Å². The Balaban J connectivity index is 1.67. The van der Waals surface area contributed by atoms with Crippen molar-refractivity contribution in [1.29, 1.82) is 0 Å². The second kappa shape index (κ2) is 8.46. The van der Waals surface area contributed by atoms with Crippen molar-refractivity contribution in [2.24, 2.45) is 11.8 Å². The van der Waals surface area contributed by atoms with Crippen LogP contribution < -0.4 is 0 Å². The molecule has 1 fully saturated rings. The van der Waals surface area contributed by atoms with Gasteiger partial charge in [0.2, 0.25) is 0 Å². The fourth-order valence-corrected chi connectivity index (χ4v) is 4.72. The molecule has 2 aliphatic carbocycles. The van der Waals surface area contributed by atoms with Gasteiger partial charge in [-0.2, -0.15) is 0 Å². The van der Waals surface area contributed by atoms with Crippen LogP contribution in [0.15, 0.2) is 34.9 Å². The topological polar surface area (TPSA) is 46.5 Å². The van der Waals surface area contributed by atoms with E-state index in [1.165, 1.54) is 36.8 Å². The van der Waals surface area contributed by atoms with E-state index >= 15 is 0 Å². The lowest BCUT2D eigenvalue weighted by Crippen LogP contribution is -2.44. The maximum Gasteiger partial charge on any atom is 0.184 e. The predicted molar refractivity (Wildman–Crippen MR) is 100 cm³/mol. The zero-order chi connectivity index (χ0) is 17.8. The molecule has 0 amide bonds. The van der Waals surface area contributed by atoms with Gasteiger partial charge in [0.1, 0.15) is 6.10 Å². The third-order valence-electron chi connectivity index (χ3n) is 5.99. The maximum atomic E-state index is 12.5. The van der Waals surface area contributed by atoms with Gasteiger partial charge in [-0.05, 0) is 63.0 Å². The Morgan fingerprint density at radius 3 is 2.88 bits per heavy atom. The maximum absolute atomic E-state index is 12.5. The second-order valence-electron chi connectivity index (χ2n) is 7.89. The summed E-state index contributed by atoms with van der Waals surface area (Å²) in [5.74, 6) is 0.536. The minimum atomic E-state index is -0.328. The third kappa shape index (κ3) is 4.15. The molecule has 3 aliphatic rings. The first-order valence-electron chi connectivity index (χ1n) is 9.99. The lowest BCUT2D eigenvalue weighted by atomic mass is 9.70. The number of carbonyl (C=O) groups is 1. The minimum Gasteiger partial charge on any atom is -0.393 e. The van der Waals surface area contributed by atoms with E-state index in [0.717, 1.165) is 24.8 Å². The first-order chi connectivity index (χ1) is 12.1. The van der Waals surface area contributed by atoms with E-state index in [9.17, 15) is 9.90 Å². The second-order valence-corrected chi connectivity index (χ2v) is 7.89. The fourth-order valence-electron chi connectivity index (χ4n) is 4.72. The lowest BCUT2D eigenvalue weighted by molar-refractivity contribution is -0.131. The average Bonchev–Trinajstić information content (AvgIpc) is 2.95. The van der Waals surface area contributed by atoms with E-state index in [4.69, 9.17) is 4.74 Å². The van der Waals surface area contributed by atoms with Crippen LogP contribution in [0.25, 0.3) is 0 Å². The summed E-state index contributed by atoms with van der Waals surface area (Å²) < 4.78 is 5.90. The van der Waals surface area contributed by atoms with Crippen molar-refractivity contribution in [3.05, 3.63) is 34.9 Å². The molecule has 3 nitrogen and oxygen atoms in total. The van der Waals surface area contributed by atoms with Crippen molar-refractivity contribution in [1.82, 2.24) is 0 Å². The first-order valence-corrected chi connectivity index (χ1v) is 9.99. The Bertz CT molecular complexity index is 584. The summed E-state index contributed by atoms with van der Waals surface area (Å²) in [4.78, 5) is 12.5. The highest BCUT2D eigenvalue weighted by atomic mass is 16.5. The SMILES string of the molecule is CCCCC/C=C/CCC1=C(C)COC2C(=O)C=C3CC(O)CC3C12. The quantitative estimate of drug-likeness (QED) is 0.546. The molecule has 1 N–H and O–H groups in total. The summed E-state index contributed by atoms with van der Waals surface area (Å²) >= 11 is 0. The number of fused-ring (bicyclic) bond motifs is 3. The first kappa shape index (κ1) is 18.6. The molecule has 0 aromatic rings. The Hall–Kier alpha value is -1.19. The Kier molecular flexibility index (Phi) is 6.29. The number of aliphatic hydroxyl groups is 1. The molecule has 1 saturated carbocycles. The molecule has 138 valence electrons. The molecule has 1 aliphatic heterocycles. The van der Waals surface area contributed by atoms with Gasteiger partial charge in [0.25, 0.3) is 0 Å². The monoisotopic (exact) mass is 344 g/mol. The zero-order valence-electron chi connectivity index (χ0n) is 15.7. The number of ether oxygens (including phenoxy) is 1. The Labute approximate surface area is 151 Å². The molecule has 25 heavy (non-hydrogen) atoms. The third-order valence-corrected chi connectivity index (χ3v) is 5.99. The molecular formula is C22H32O3. The van der Waals surface area contributed by atoms with Gasteiger partial charge >= 0.3 is 0 Å². The van der Waals surface area contributed by atoms with Crippen molar-refractivity contribution in [3.8, 4) is 0 Å². The molecular weight excluding hydrogens is 312 g/mol. The van der Waals surface area contributed by atoms with Crippen molar-refractivity contribution in [3.63, 3.8) is 0 Å². The van der Waals surface area contributed by atoms with Crippen molar-refractivity contribution in [2.45, 2.75) is 77.4 Å². The standard InChI is InChI=1S/C22H32O3/c1-3-4-5-6-7-8-9-10-18-15(2)14-25-22-20(24)12-16-11-17(23)13-19(16)21(18)22/h7-8,12,17,19,21-23H,3-6,9-11,13-14H2,1-2H3/b8-7+. The molecule has 0 aromatic carbocycles. The Morgan fingerprint density at radius 2 is 2.08 bits per heavy atom. The number of allylic oxidation sites excluding steroid dienone is 2. The van der Waals surface area contributed by atoms with Gasteiger partial charge in [-0.15, -0.1) is 0 Å². The molecule has 4 unspecified atom stereocenters. The minimum absolute atomic E-state index is 0.102. The van der Waals surface area contributed by atoms with Crippen LogP contribution in [0.4, 0.5) is 0 Å². The van der Waals surface area contributed by atoms with Crippen LogP contribution >= 0.6 is 0 Å². The van der Waals surface area contributed by atoms with Gasteiger partial charge in [-0.1, -0.05) is 43.1 Å². The largest absolute Gasteiger partial charge is 0.393 e. The van der Waals surface area contributed by atoms with Gasteiger partial charge in [-0.25, -0.2) is 0 Å². The van der Waals surface area contributed by atoms with E-state index in [1.807, 2.05) is 0 Å². The molecule has 0 radical (unpaired) electrons. The van der Waals surface area contributed by atoms with Crippen LogP contribution in [0.2, 0.25) is 0 Å². The highest BCUT2D eigenvalue weighted by molar-refractivity contribution is 5.96. The van der Waals surface area contributed by atoms with Crippen LogP contribution in [0.3, 0.4) is 0 Å². The summed E-state index contributed by atoms with van der Waals surface area (Å²) in [5, 5.41) is 10.1. The molecule has 0 bridgehead atoms. The molecule has 1 heterocycles. The summed E-state index contributed by atoms with van der Waals surface area (Å²) in [6, 6.07) is 0. The van der Waals surface area contributed by atoms with E-state index in [-0.39, 0.29) is 29.8 Å². The number of rotatable bonds is 7. The van der Waals surface area contributed by atoms with Gasteiger partial charge in [0.15, 0.2) is 5.78 Å².